The van der Waals surface area contributed by atoms with Gasteiger partial charge in [-0.2, -0.15) is 0 Å². The lowest BCUT2D eigenvalue weighted by atomic mass is 10.3. The maximum Gasteiger partial charge on any atom is 0.0850 e. The average molecular weight is 203 g/mol. The normalized spacial score (nSPS) is 11.4. The van der Waals surface area contributed by atoms with Crippen molar-refractivity contribution >= 4 is 17.2 Å². The predicted octanol–water partition coefficient (Wildman–Crippen LogP) is 1.80. The zero-order chi connectivity index (χ0) is 10.3. The van der Waals surface area contributed by atoms with E-state index in [4.69, 9.17) is 12.2 Å². The molecule has 0 fully saturated rings. The van der Waals surface area contributed by atoms with Crippen LogP contribution in [0.2, 0.25) is 0 Å². The first-order chi connectivity index (χ1) is 6.14. The number of hydrogen-bond acceptors (Lipinski definition) is 1. The first-order valence-corrected chi connectivity index (χ1v) is 5.60. The first-order valence-electron chi connectivity index (χ1n) is 5.19. The molecule has 0 aromatic rings. The second-order valence-electron chi connectivity index (χ2n) is 3.44. The smallest absolute Gasteiger partial charge is 0.0850 e. The van der Waals surface area contributed by atoms with E-state index in [1.165, 1.54) is 30.7 Å². The van der Waals surface area contributed by atoms with E-state index in [0.717, 1.165) is 11.4 Å². The molecule has 13 heavy (non-hydrogen) atoms. The van der Waals surface area contributed by atoms with Crippen LogP contribution < -0.4 is 5.32 Å². The molecule has 0 aromatic heterocycles. The minimum Gasteiger partial charge on any atom is -0.383 e. The van der Waals surface area contributed by atoms with E-state index < -0.39 is 0 Å². The monoisotopic (exact) mass is 203 g/mol. The molecule has 3 heteroatoms. The van der Waals surface area contributed by atoms with Gasteiger partial charge in [0.15, 0.2) is 0 Å². The summed E-state index contributed by atoms with van der Waals surface area (Å²) in [4.78, 5) is 0.984. The third-order valence-electron chi connectivity index (χ3n) is 3.10. The first kappa shape index (κ1) is 12.8. The van der Waals surface area contributed by atoms with Crippen molar-refractivity contribution in [3.8, 4) is 0 Å². The van der Waals surface area contributed by atoms with Gasteiger partial charge in [-0.3, -0.25) is 0 Å². The highest BCUT2D eigenvalue weighted by Crippen LogP contribution is 2.07. The SMILES string of the molecule is CC[N+](CC)(CC)CCC(=S)NC. The fourth-order valence-electron chi connectivity index (χ4n) is 1.61. The Labute approximate surface area is 87.9 Å². The van der Waals surface area contributed by atoms with Gasteiger partial charge in [-0.15, -0.1) is 0 Å². The van der Waals surface area contributed by atoms with Crippen molar-refractivity contribution < 1.29 is 4.48 Å². The van der Waals surface area contributed by atoms with Gasteiger partial charge in [-0.25, -0.2) is 0 Å². The number of nitrogens with zero attached hydrogens (tertiary/aromatic N) is 1. The topological polar surface area (TPSA) is 12.0 Å². The number of quaternary nitrogens is 1. The van der Waals surface area contributed by atoms with E-state index >= 15 is 0 Å². The minimum atomic E-state index is 0.984. The lowest BCUT2D eigenvalue weighted by Crippen LogP contribution is -2.49. The highest BCUT2D eigenvalue weighted by molar-refractivity contribution is 7.80. The van der Waals surface area contributed by atoms with Gasteiger partial charge in [0, 0.05) is 13.5 Å². The van der Waals surface area contributed by atoms with Gasteiger partial charge >= 0.3 is 0 Å². The molecule has 0 aliphatic heterocycles. The van der Waals surface area contributed by atoms with Crippen LogP contribution in [-0.2, 0) is 0 Å². The Balaban J connectivity index is 4.02. The van der Waals surface area contributed by atoms with Crippen molar-refractivity contribution in [2.24, 2.45) is 0 Å². The fraction of sp³-hybridized carbons (Fsp3) is 0.900. The summed E-state index contributed by atoms with van der Waals surface area (Å²) in [5.41, 5.74) is 0. The van der Waals surface area contributed by atoms with Gasteiger partial charge in [-0.1, -0.05) is 12.2 Å². The Kier molecular flexibility index (Phi) is 6.25. The fourth-order valence-corrected chi connectivity index (χ4v) is 1.70. The van der Waals surface area contributed by atoms with Gasteiger partial charge in [0.05, 0.1) is 31.2 Å². The summed E-state index contributed by atoms with van der Waals surface area (Å²) in [5, 5.41) is 3.03. The van der Waals surface area contributed by atoms with E-state index in [1.807, 2.05) is 7.05 Å². The Morgan fingerprint density at radius 2 is 1.62 bits per heavy atom. The third-order valence-corrected chi connectivity index (χ3v) is 3.51. The van der Waals surface area contributed by atoms with Gasteiger partial charge in [0.2, 0.25) is 0 Å². The maximum atomic E-state index is 5.15. The van der Waals surface area contributed by atoms with E-state index in [0.29, 0.717) is 0 Å². The van der Waals surface area contributed by atoms with Crippen molar-refractivity contribution in [1.82, 2.24) is 5.32 Å². The van der Waals surface area contributed by atoms with Crippen LogP contribution >= 0.6 is 12.2 Å². The molecule has 0 rings (SSSR count). The third kappa shape index (κ3) is 4.05. The van der Waals surface area contributed by atoms with E-state index in [9.17, 15) is 0 Å². The molecule has 0 amide bonds. The Hall–Kier alpha value is -0.150. The molecule has 0 radical (unpaired) electrons. The summed E-state index contributed by atoms with van der Waals surface area (Å²) in [5.74, 6) is 0. The molecule has 2 nitrogen and oxygen atoms in total. The Morgan fingerprint density at radius 3 is 1.92 bits per heavy atom. The minimum absolute atomic E-state index is 0.984. The number of hydrogen-bond donors (Lipinski definition) is 1. The predicted molar refractivity (Wildman–Crippen MR) is 63.0 cm³/mol. The maximum absolute atomic E-state index is 5.15. The van der Waals surface area contributed by atoms with Crippen LogP contribution in [0.15, 0.2) is 0 Å². The quantitative estimate of drug-likeness (QED) is 0.522. The molecule has 0 aliphatic carbocycles. The molecule has 0 saturated carbocycles. The lowest BCUT2D eigenvalue weighted by molar-refractivity contribution is -0.922. The van der Waals surface area contributed by atoms with Crippen LogP contribution in [0.1, 0.15) is 27.2 Å². The summed E-state index contributed by atoms with van der Waals surface area (Å²) >= 11 is 5.15. The van der Waals surface area contributed by atoms with Gasteiger partial charge in [0.25, 0.3) is 0 Å². The van der Waals surface area contributed by atoms with Crippen LogP contribution in [0.5, 0.6) is 0 Å². The highest BCUT2D eigenvalue weighted by Gasteiger charge is 2.20. The molecular formula is C10H23N2S+. The summed E-state index contributed by atoms with van der Waals surface area (Å²) in [7, 11) is 1.90. The molecule has 0 saturated heterocycles. The Bertz CT molecular complexity index is 145. The van der Waals surface area contributed by atoms with E-state index in [2.05, 4.69) is 26.1 Å². The molecule has 0 heterocycles. The molecule has 78 valence electrons. The van der Waals surface area contributed by atoms with E-state index in [1.54, 1.807) is 0 Å². The highest BCUT2D eigenvalue weighted by atomic mass is 32.1. The molecular weight excluding hydrogens is 180 g/mol. The van der Waals surface area contributed by atoms with Gasteiger partial charge in [0.1, 0.15) is 0 Å². The summed E-state index contributed by atoms with van der Waals surface area (Å²) in [6, 6.07) is 0. The molecule has 0 aromatic carbocycles. The zero-order valence-electron chi connectivity index (χ0n) is 9.39. The number of nitrogens with one attached hydrogen (secondary N) is 1. The average Bonchev–Trinajstić information content (AvgIpc) is 2.20. The molecule has 0 spiro atoms. The van der Waals surface area contributed by atoms with Gasteiger partial charge in [-0.05, 0) is 20.8 Å². The van der Waals surface area contributed by atoms with Crippen molar-refractivity contribution in [2.75, 3.05) is 33.2 Å². The van der Waals surface area contributed by atoms with Crippen LogP contribution in [-0.4, -0.2) is 42.7 Å². The van der Waals surface area contributed by atoms with E-state index in [-0.39, 0.29) is 0 Å². The summed E-state index contributed by atoms with van der Waals surface area (Å²) in [6.07, 6.45) is 1.02. The Morgan fingerprint density at radius 1 is 1.15 bits per heavy atom. The zero-order valence-corrected chi connectivity index (χ0v) is 10.2. The molecule has 0 unspecified atom stereocenters. The van der Waals surface area contributed by atoms with Crippen molar-refractivity contribution in [2.45, 2.75) is 27.2 Å². The van der Waals surface area contributed by atoms with Crippen LogP contribution in [0.4, 0.5) is 0 Å². The lowest BCUT2D eigenvalue weighted by Gasteiger charge is -2.35. The van der Waals surface area contributed by atoms with Crippen LogP contribution in [0.3, 0.4) is 0 Å². The molecule has 0 bridgehead atoms. The largest absolute Gasteiger partial charge is 0.383 e. The van der Waals surface area contributed by atoms with Crippen LogP contribution in [0.25, 0.3) is 0 Å². The van der Waals surface area contributed by atoms with Crippen molar-refractivity contribution in [3.05, 3.63) is 0 Å². The second kappa shape index (κ2) is 6.33. The second-order valence-corrected chi connectivity index (χ2v) is 3.93. The standard InChI is InChI=1S/C10H22N2S/c1-5-12(6-2,7-3)9-8-10(13)11-4/h5-9H2,1-4H3/p+1. The molecule has 1 N–H and O–H groups in total. The number of thiocarbonyl (C=S) groups is 1. The van der Waals surface area contributed by atoms with Crippen molar-refractivity contribution in [1.29, 1.82) is 0 Å². The van der Waals surface area contributed by atoms with Gasteiger partial charge < -0.3 is 9.80 Å². The molecule has 0 atom stereocenters. The number of rotatable bonds is 6. The summed E-state index contributed by atoms with van der Waals surface area (Å²) in [6.45, 7) is 11.6. The van der Waals surface area contributed by atoms with Crippen LogP contribution in [0, 0.1) is 0 Å². The van der Waals surface area contributed by atoms with Crippen molar-refractivity contribution in [3.63, 3.8) is 0 Å². The molecule has 0 aliphatic rings. The summed E-state index contributed by atoms with van der Waals surface area (Å²) < 4.78 is 1.18.